The maximum atomic E-state index is 14.4. The minimum absolute atomic E-state index is 0.0178. The quantitative estimate of drug-likeness (QED) is 0.531. The Morgan fingerprint density at radius 2 is 1.91 bits per heavy atom. The van der Waals surface area contributed by atoms with Crippen molar-refractivity contribution in [1.82, 2.24) is 19.4 Å². The van der Waals surface area contributed by atoms with Gasteiger partial charge >= 0.3 is 6.03 Å². The lowest BCUT2D eigenvalue weighted by Gasteiger charge is -2.19. The van der Waals surface area contributed by atoms with Crippen molar-refractivity contribution in [3.05, 3.63) is 47.0 Å². The van der Waals surface area contributed by atoms with Gasteiger partial charge in [-0.2, -0.15) is 13.5 Å². The number of nitrogens with zero attached hydrogens (tertiary/aromatic N) is 5. The molecule has 0 saturated carbocycles. The van der Waals surface area contributed by atoms with Crippen LogP contribution in [0.5, 0.6) is 0 Å². The van der Waals surface area contributed by atoms with Gasteiger partial charge in [0.05, 0.1) is 5.69 Å². The fraction of sp³-hybridized carbons (Fsp3) is 0.318. The van der Waals surface area contributed by atoms with E-state index in [-0.39, 0.29) is 22.9 Å². The van der Waals surface area contributed by atoms with Crippen molar-refractivity contribution in [2.45, 2.75) is 24.8 Å². The minimum Gasteiger partial charge on any atom is -0.343 e. The molecule has 35 heavy (non-hydrogen) atoms. The number of sulfonamides is 1. The second-order valence-electron chi connectivity index (χ2n) is 7.98. The number of urea groups is 1. The predicted octanol–water partition coefficient (Wildman–Crippen LogP) is 2.64. The van der Waals surface area contributed by atoms with Crippen molar-refractivity contribution in [1.29, 1.82) is 0 Å². The molecule has 1 aromatic heterocycles. The van der Waals surface area contributed by atoms with Gasteiger partial charge in [-0.25, -0.2) is 13.9 Å². The number of hydrogen-bond donors (Lipinski definition) is 2. The zero-order valence-electron chi connectivity index (χ0n) is 20.3. The zero-order chi connectivity index (χ0) is 26.5. The van der Waals surface area contributed by atoms with Gasteiger partial charge in [-0.05, 0) is 30.3 Å². The number of amides is 3. The third-order valence-electron chi connectivity index (χ3n) is 4.79. The normalized spacial score (nSPS) is 12.2. The van der Waals surface area contributed by atoms with E-state index in [0.29, 0.717) is 11.1 Å². The first kappa shape index (κ1) is 27.4. The van der Waals surface area contributed by atoms with Gasteiger partial charge < -0.3 is 10.2 Å². The highest BCUT2D eigenvalue weighted by Crippen LogP contribution is 2.33. The van der Waals surface area contributed by atoms with Gasteiger partial charge in [0.15, 0.2) is 5.03 Å². The van der Waals surface area contributed by atoms with Crippen molar-refractivity contribution in [3.63, 3.8) is 0 Å². The first-order valence-corrected chi connectivity index (χ1v) is 11.8. The average Bonchev–Trinajstić information content (AvgIpc) is 3.15. The van der Waals surface area contributed by atoms with E-state index >= 15 is 0 Å². The Hall–Kier alpha value is -3.87. The van der Waals surface area contributed by atoms with Crippen molar-refractivity contribution in [3.8, 4) is 0 Å². The summed E-state index contributed by atoms with van der Waals surface area (Å²) in [7, 11) is 1.49. The Morgan fingerprint density at radius 3 is 2.46 bits per heavy atom. The first-order chi connectivity index (χ1) is 16.3. The van der Waals surface area contributed by atoms with Crippen LogP contribution in [-0.4, -0.2) is 69.1 Å². The monoisotopic (exact) mass is 505 g/mol. The molecule has 2 N–H and O–H groups in total. The molecule has 0 saturated heterocycles. The molecular formula is C22H28FN7O4S. The van der Waals surface area contributed by atoms with E-state index in [4.69, 9.17) is 0 Å². The summed E-state index contributed by atoms with van der Waals surface area (Å²) in [4.78, 5) is 33.9. The summed E-state index contributed by atoms with van der Waals surface area (Å²) in [6, 6.07) is 2.38. The van der Waals surface area contributed by atoms with Crippen molar-refractivity contribution in [2.75, 3.05) is 26.5 Å². The average molecular weight is 506 g/mol. The number of halogens is 1. The van der Waals surface area contributed by atoms with Crippen molar-refractivity contribution >= 4 is 46.2 Å². The number of aromatic nitrogens is 2. The Balaban J connectivity index is 2.48. The zero-order valence-corrected chi connectivity index (χ0v) is 21.1. The number of anilines is 1. The Morgan fingerprint density at radius 1 is 1.26 bits per heavy atom. The van der Waals surface area contributed by atoms with Crippen LogP contribution in [0.3, 0.4) is 0 Å². The number of hydrogen-bond acceptors (Lipinski definition) is 7. The molecule has 0 radical (unpaired) electrons. The summed E-state index contributed by atoms with van der Waals surface area (Å²) < 4.78 is 43.0. The summed E-state index contributed by atoms with van der Waals surface area (Å²) in [6.07, 6.45) is 2.74. The molecule has 0 aliphatic carbocycles. The largest absolute Gasteiger partial charge is 0.343 e. The third-order valence-corrected chi connectivity index (χ3v) is 5.99. The van der Waals surface area contributed by atoms with Gasteiger partial charge in [-0.1, -0.05) is 13.8 Å². The molecule has 0 aliphatic rings. The van der Waals surface area contributed by atoms with Crippen LogP contribution in [0.2, 0.25) is 0 Å². The molecule has 0 unspecified atom stereocenters. The van der Waals surface area contributed by atoms with Gasteiger partial charge in [0.1, 0.15) is 11.5 Å². The summed E-state index contributed by atoms with van der Waals surface area (Å²) in [5.74, 6) is -1.26. The minimum atomic E-state index is -4.44. The van der Waals surface area contributed by atoms with Gasteiger partial charge in [0, 0.05) is 57.8 Å². The van der Waals surface area contributed by atoms with Crippen molar-refractivity contribution in [2.24, 2.45) is 17.0 Å². The Bertz CT molecular complexity index is 1310. The lowest BCUT2D eigenvalue weighted by atomic mass is 9.94. The van der Waals surface area contributed by atoms with Crippen LogP contribution >= 0.6 is 0 Å². The van der Waals surface area contributed by atoms with Gasteiger partial charge in [-0.15, -0.1) is 0 Å². The van der Waals surface area contributed by atoms with Crippen LogP contribution < -0.4 is 10.0 Å². The van der Waals surface area contributed by atoms with E-state index in [9.17, 15) is 22.4 Å². The molecule has 13 heteroatoms. The number of carbonyl (C=O) groups is 2. The number of rotatable bonds is 8. The maximum Gasteiger partial charge on any atom is 0.333 e. The van der Waals surface area contributed by atoms with Gasteiger partial charge in [-0.3, -0.25) is 19.5 Å². The first-order valence-electron chi connectivity index (χ1n) is 10.3. The van der Waals surface area contributed by atoms with E-state index < -0.39 is 32.8 Å². The molecular weight excluding hydrogens is 477 g/mol. The molecule has 11 nitrogen and oxygen atoms in total. The number of aryl methyl sites for hydroxylation is 1. The molecule has 0 fully saturated rings. The fourth-order valence-corrected chi connectivity index (χ4v) is 4.07. The highest BCUT2D eigenvalue weighted by atomic mass is 32.2. The molecule has 0 bridgehead atoms. The topological polar surface area (TPSA) is 138 Å². The molecule has 3 amide bonds. The molecule has 1 heterocycles. The highest BCUT2D eigenvalue weighted by molar-refractivity contribution is 7.90. The smallest absolute Gasteiger partial charge is 0.333 e. The Kier molecular flexibility index (Phi) is 8.63. The van der Waals surface area contributed by atoms with Crippen LogP contribution in [0.4, 0.5) is 14.9 Å². The molecule has 1 aromatic carbocycles. The highest BCUT2D eigenvalue weighted by Gasteiger charge is 2.26. The summed E-state index contributed by atoms with van der Waals surface area (Å²) >= 11 is 0. The molecule has 188 valence electrons. The second-order valence-corrected chi connectivity index (χ2v) is 9.61. The van der Waals surface area contributed by atoms with Crippen LogP contribution in [-0.2, 0) is 17.1 Å². The predicted molar refractivity (Wildman–Crippen MR) is 133 cm³/mol. The summed E-state index contributed by atoms with van der Waals surface area (Å²) in [5.41, 5.74) is 1.19. The summed E-state index contributed by atoms with van der Waals surface area (Å²) in [6.45, 7) is 6.98. The van der Waals surface area contributed by atoms with Crippen LogP contribution in [0, 0.1) is 5.82 Å². The van der Waals surface area contributed by atoms with Crippen LogP contribution in [0.15, 0.2) is 39.4 Å². The Labute approximate surface area is 203 Å². The standard InChI is InChI=1S/C22H28FN7O4S/c1-13(2)16-8-15(23)9-17(14(11-24-3)12-25-4)20(16)26-22(32)28-35(33,34)19-10-18(30(7)27-19)21(31)29(5)6/h8-13H,3H2,1-2,4-7H3,(H2,26,28,32)/b14-11+,25-12-. The number of aliphatic imine (C=N–C) groups is 2. The third kappa shape index (κ3) is 6.38. The molecule has 2 aromatic rings. The molecule has 2 rings (SSSR count). The van der Waals surface area contributed by atoms with E-state index in [1.165, 1.54) is 57.6 Å². The number of nitrogens with one attached hydrogen (secondary N) is 2. The molecule has 0 aliphatic heterocycles. The summed E-state index contributed by atoms with van der Waals surface area (Å²) in [5, 5.41) is 5.83. The number of allylic oxidation sites excluding steroid dienone is 1. The molecule has 0 atom stereocenters. The molecule has 0 spiro atoms. The van der Waals surface area contributed by atoms with E-state index in [1.54, 1.807) is 13.8 Å². The number of carbonyl (C=O) groups excluding carboxylic acids is 2. The maximum absolute atomic E-state index is 14.4. The van der Waals surface area contributed by atoms with E-state index in [2.05, 4.69) is 27.1 Å². The SMILES string of the molecule is C=N/C=C(\C=N/C)c1cc(F)cc(C(C)C)c1NC(=O)NS(=O)(=O)c1cc(C(=O)N(C)C)n(C)n1. The van der Waals surface area contributed by atoms with Crippen molar-refractivity contribution < 1.29 is 22.4 Å². The van der Waals surface area contributed by atoms with Gasteiger partial charge in [0.2, 0.25) is 0 Å². The van der Waals surface area contributed by atoms with E-state index in [0.717, 1.165) is 10.7 Å². The lowest BCUT2D eigenvalue weighted by Crippen LogP contribution is -2.35. The number of benzene rings is 1. The second kappa shape index (κ2) is 11.0. The van der Waals surface area contributed by atoms with Crippen LogP contribution in [0.25, 0.3) is 5.57 Å². The lowest BCUT2D eigenvalue weighted by molar-refractivity contribution is 0.0817. The van der Waals surface area contributed by atoms with Gasteiger partial charge in [0.25, 0.3) is 15.9 Å². The van der Waals surface area contributed by atoms with E-state index in [1.807, 2.05) is 4.72 Å². The fourth-order valence-electron chi connectivity index (χ4n) is 3.18. The van der Waals surface area contributed by atoms with Crippen LogP contribution in [0.1, 0.15) is 41.4 Å².